The molecule has 1 aromatic rings. The van der Waals surface area contributed by atoms with Gasteiger partial charge in [0.2, 0.25) is 35.4 Å². The number of primary amides is 2. The summed E-state index contributed by atoms with van der Waals surface area (Å²) in [5, 5.41) is 22.4. The first-order valence-electron chi connectivity index (χ1n) is 16.7. The number of ether oxygens (including phenoxy) is 1. The minimum absolute atomic E-state index is 0.0309. The topological polar surface area (TPSA) is 352 Å². The van der Waals surface area contributed by atoms with Crippen LogP contribution in [0, 0.1) is 0 Å². The van der Waals surface area contributed by atoms with Crippen molar-refractivity contribution in [3.05, 3.63) is 35.9 Å². The maximum Gasteiger partial charge on any atom is 0.408 e. The quantitative estimate of drug-likeness (QED) is 0.0281. The molecule has 16 N–H and O–H groups in total. The van der Waals surface area contributed by atoms with Gasteiger partial charge in [-0.1, -0.05) is 30.3 Å². The lowest BCUT2D eigenvalue weighted by atomic mass is 10.1. The molecule has 0 spiro atoms. The van der Waals surface area contributed by atoms with Crippen molar-refractivity contribution in [3.8, 4) is 0 Å². The first-order valence-corrected chi connectivity index (χ1v) is 16.7. The Morgan fingerprint density at radius 3 is 1.90 bits per heavy atom. The summed E-state index contributed by atoms with van der Waals surface area (Å²) in [6, 6.07) is 2.11. The maximum absolute atomic E-state index is 13.2. The van der Waals surface area contributed by atoms with Gasteiger partial charge in [-0.2, -0.15) is 0 Å². The summed E-state index contributed by atoms with van der Waals surface area (Å²) in [6.07, 6.45) is -1.47. The van der Waals surface area contributed by atoms with E-state index in [1.165, 1.54) is 13.8 Å². The van der Waals surface area contributed by atoms with Crippen LogP contribution in [0.15, 0.2) is 35.3 Å². The predicted molar refractivity (Wildman–Crippen MR) is 189 cm³/mol. The Morgan fingerprint density at radius 1 is 0.731 bits per heavy atom. The van der Waals surface area contributed by atoms with Gasteiger partial charge in [0, 0.05) is 13.0 Å². The molecule has 20 nitrogen and oxygen atoms in total. The van der Waals surface area contributed by atoms with Crippen LogP contribution in [0.2, 0.25) is 0 Å². The van der Waals surface area contributed by atoms with Gasteiger partial charge in [-0.15, -0.1) is 0 Å². The number of guanidine groups is 1. The molecule has 0 radical (unpaired) electrons. The van der Waals surface area contributed by atoms with Gasteiger partial charge in [-0.25, -0.2) is 4.79 Å². The van der Waals surface area contributed by atoms with Crippen LogP contribution in [-0.2, 0) is 40.1 Å². The molecule has 0 aromatic heterocycles. The zero-order valence-electron chi connectivity index (χ0n) is 29.5. The van der Waals surface area contributed by atoms with Crippen LogP contribution in [0.3, 0.4) is 0 Å². The van der Waals surface area contributed by atoms with Crippen molar-refractivity contribution in [2.45, 2.75) is 102 Å². The molecule has 290 valence electrons. The summed E-state index contributed by atoms with van der Waals surface area (Å²) in [4.78, 5) is 92.5. The standard InChI is InChI=1S/C32H53N11O9/c1-18(27(47)41-22(12-8-16-38-31(36)37)28(48)40-21(26(35)46)11-6-7-15-33)39-30(50)25(19(2)44)43-29(49)23(13-14-24(34)45)42-32(51)52-17-20-9-4-3-5-10-20/h3-5,9-10,18-19,21-23,25,44H,6-8,11-17,33H2,1-2H3,(H2,34,45)(H2,35,46)(H,39,50)(H,40,48)(H,41,47)(H,42,51)(H,43,49)(H4,36,37,38)/t18-,19+,21-,22-,23-,25-/m0/s1. The number of aliphatic hydroxyl groups is 1. The van der Waals surface area contributed by atoms with E-state index in [9.17, 15) is 38.7 Å². The third kappa shape index (κ3) is 17.9. The molecule has 1 rings (SSSR count). The fourth-order valence-corrected chi connectivity index (χ4v) is 4.61. The molecule has 6 atom stereocenters. The molecule has 0 aliphatic heterocycles. The van der Waals surface area contributed by atoms with Crippen LogP contribution < -0.4 is 55.3 Å². The Balaban J connectivity index is 3.00. The van der Waals surface area contributed by atoms with E-state index in [2.05, 4.69) is 31.6 Å². The van der Waals surface area contributed by atoms with Crippen LogP contribution in [-0.4, -0.2) is 102 Å². The number of aliphatic hydroxyl groups excluding tert-OH is 1. The van der Waals surface area contributed by atoms with E-state index in [1.54, 1.807) is 30.3 Å². The number of aliphatic imine (C=N–C) groups is 1. The van der Waals surface area contributed by atoms with Gasteiger partial charge in [0.05, 0.1) is 6.10 Å². The molecule has 0 fully saturated rings. The molecule has 0 saturated carbocycles. The lowest BCUT2D eigenvalue weighted by Crippen LogP contribution is -2.60. The van der Waals surface area contributed by atoms with Crippen molar-refractivity contribution < 1.29 is 43.4 Å². The number of hydrogen-bond acceptors (Lipinski definition) is 11. The lowest BCUT2D eigenvalue weighted by Gasteiger charge is -2.26. The third-order valence-electron chi connectivity index (χ3n) is 7.50. The Bertz CT molecular complexity index is 1370. The van der Waals surface area contributed by atoms with E-state index >= 15 is 0 Å². The molecule has 0 aliphatic carbocycles. The average molecular weight is 736 g/mol. The second kappa shape index (κ2) is 23.8. The van der Waals surface area contributed by atoms with E-state index in [0.717, 1.165) is 0 Å². The molecular formula is C32H53N11O9. The monoisotopic (exact) mass is 735 g/mol. The van der Waals surface area contributed by atoms with Crippen molar-refractivity contribution in [3.63, 3.8) is 0 Å². The van der Waals surface area contributed by atoms with Crippen LogP contribution in [0.25, 0.3) is 0 Å². The number of carbonyl (C=O) groups excluding carboxylic acids is 7. The number of rotatable bonds is 24. The van der Waals surface area contributed by atoms with Gasteiger partial charge in [0.1, 0.15) is 36.8 Å². The molecule has 0 aliphatic rings. The smallest absolute Gasteiger partial charge is 0.408 e. The number of nitrogens with zero attached hydrogens (tertiary/aromatic N) is 1. The van der Waals surface area contributed by atoms with Crippen molar-refractivity contribution in [2.24, 2.45) is 33.7 Å². The van der Waals surface area contributed by atoms with Crippen LogP contribution in [0.5, 0.6) is 0 Å². The first kappa shape index (κ1) is 44.5. The van der Waals surface area contributed by atoms with Crippen LogP contribution in [0.1, 0.15) is 64.4 Å². The fraction of sp³-hybridized carbons (Fsp3) is 0.562. The number of carbonyl (C=O) groups is 7. The van der Waals surface area contributed by atoms with Gasteiger partial charge in [0.25, 0.3) is 0 Å². The highest BCUT2D eigenvalue weighted by Gasteiger charge is 2.33. The van der Waals surface area contributed by atoms with Gasteiger partial charge in [0.15, 0.2) is 5.96 Å². The minimum atomic E-state index is -1.63. The summed E-state index contributed by atoms with van der Waals surface area (Å²) in [7, 11) is 0. The molecule has 7 amide bonds. The highest BCUT2D eigenvalue weighted by atomic mass is 16.5. The number of alkyl carbamates (subject to hydrolysis) is 1. The Labute approximate surface area is 301 Å². The van der Waals surface area contributed by atoms with Gasteiger partial charge < -0.3 is 65.1 Å². The van der Waals surface area contributed by atoms with E-state index in [0.29, 0.717) is 24.9 Å². The normalized spacial score (nSPS) is 14.2. The Morgan fingerprint density at radius 2 is 1.33 bits per heavy atom. The third-order valence-corrected chi connectivity index (χ3v) is 7.50. The molecule has 1 aromatic carbocycles. The SMILES string of the molecule is C[C@H](NC(=O)[C@@H](NC(=O)[C@H](CCC(N)=O)NC(=O)OCc1ccccc1)[C@@H](C)O)C(=O)N[C@@H](CCCN=C(N)N)C(=O)N[C@@H](CCCCN)C(N)=O. The number of hydrogen-bond donors (Lipinski definition) is 11. The van der Waals surface area contributed by atoms with E-state index in [1.807, 2.05) is 0 Å². The van der Waals surface area contributed by atoms with Crippen LogP contribution >= 0.6 is 0 Å². The Kier molecular flexibility index (Phi) is 20.4. The molecule has 52 heavy (non-hydrogen) atoms. The largest absolute Gasteiger partial charge is 0.445 e. The molecule has 0 bridgehead atoms. The summed E-state index contributed by atoms with van der Waals surface area (Å²) in [5.41, 5.74) is 27.6. The molecule has 0 unspecified atom stereocenters. The number of nitrogens with two attached hydrogens (primary N) is 5. The highest BCUT2D eigenvalue weighted by molar-refractivity contribution is 5.96. The van der Waals surface area contributed by atoms with Crippen molar-refractivity contribution in [1.82, 2.24) is 26.6 Å². The van der Waals surface area contributed by atoms with Crippen LogP contribution in [0.4, 0.5) is 4.79 Å². The average Bonchev–Trinajstić information content (AvgIpc) is 3.08. The second-order valence-electron chi connectivity index (χ2n) is 12.0. The van der Waals surface area contributed by atoms with E-state index in [-0.39, 0.29) is 51.2 Å². The number of unbranched alkanes of at least 4 members (excludes halogenated alkanes) is 1. The summed E-state index contributed by atoms with van der Waals surface area (Å²) in [6.45, 7) is 2.88. The predicted octanol–water partition coefficient (Wildman–Crippen LogP) is -3.45. The van der Waals surface area contributed by atoms with Crippen molar-refractivity contribution in [1.29, 1.82) is 0 Å². The van der Waals surface area contributed by atoms with Crippen molar-refractivity contribution >= 4 is 47.5 Å². The molecular weight excluding hydrogens is 682 g/mol. The van der Waals surface area contributed by atoms with Gasteiger partial charge >= 0.3 is 6.09 Å². The molecule has 0 saturated heterocycles. The number of benzene rings is 1. The van der Waals surface area contributed by atoms with E-state index < -0.39 is 77.8 Å². The zero-order chi connectivity index (χ0) is 39.2. The van der Waals surface area contributed by atoms with Crippen molar-refractivity contribution in [2.75, 3.05) is 13.1 Å². The van der Waals surface area contributed by atoms with Gasteiger partial charge in [-0.05, 0) is 64.5 Å². The minimum Gasteiger partial charge on any atom is -0.445 e. The summed E-state index contributed by atoms with van der Waals surface area (Å²) >= 11 is 0. The molecule has 0 heterocycles. The molecule has 20 heteroatoms. The summed E-state index contributed by atoms with van der Waals surface area (Å²) in [5.74, 6) is -5.21. The lowest BCUT2D eigenvalue weighted by molar-refractivity contribution is -0.135. The maximum atomic E-state index is 13.2. The summed E-state index contributed by atoms with van der Waals surface area (Å²) < 4.78 is 5.15. The fourth-order valence-electron chi connectivity index (χ4n) is 4.61. The second-order valence-corrected chi connectivity index (χ2v) is 12.0. The van der Waals surface area contributed by atoms with Gasteiger partial charge in [-0.3, -0.25) is 33.8 Å². The number of nitrogens with one attached hydrogen (secondary N) is 5. The number of amides is 7. The zero-order valence-corrected chi connectivity index (χ0v) is 29.5. The van der Waals surface area contributed by atoms with E-state index in [4.69, 9.17) is 33.4 Å². The Hall–Kier alpha value is -5.50. The first-order chi connectivity index (χ1) is 24.5. The highest BCUT2D eigenvalue weighted by Crippen LogP contribution is 2.07.